The van der Waals surface area contributed by atoms with Crippen LogP contribution in [0.15, 0.2) is 6.33 Å². The van der Waals surface area contributed by atoms with Crippen molar-refractivity contribution in [1.82, 2.24) is 25.3 Å². The lowest BCUT2D eigenvalue weighted by Crippen LogP contribution is -2.41. The molecule has 3 rings (SSSR count). The number of hydrogen-bond acceptors (Lipinski definition) is 7. The van der Waals surface area contributed by atoms with Crippen LogP contribution in [-0.2, 0) is 9.53 Å². The summed E-state index contributed by atoms with van der Waals surface area (Å²) < 4.78 is 5.13. The Morgan fingerprint density at radius 1 is 1.40 bits per heavy atom. The van der Waals surface area contributed by atoms with Crippen LogP contribution in [0, 0.1) is 5.92 Å². The predicted octanol–water partition coefficient (Wildman–Crippen LogP) is 0.348. The summed E-state index contributed by atoms with van der Waals surface area (Å²) in [4.78, 5) is 29.9. The molecule has 1 saturated heterocycles. The maximum atomic E-state index is 12.2. The Hall–Kier alpha value is -1.97. The molecule has 1 aliphatic rings. The summed E-state index contributed by atoms with van der Waals surface area (Å²) in [5.41, 5.74) is 1.30. The van der Waals surface area contributed by atoms with E-state index in [1.165, 1.54) is 0 Å². The number of aliphatic hydroxyl groups excluding tert-OH is 1. The highest BCUT2D eigenvalue weighted by molar-refractivity contribution is 6.28. The number of rotatable bonds is 7. The van der Waals surface area contributed by atoms with Crippen molar-refractivity contribution in [1.29, 1.82) is 0 Å². The highest BCUT2D eigenvalue weighted by Crippen LogP contribution is 2.27. The molecule has 0 spiro atoms. The Kier molecular flexibility index (Phi) is 6.00. The first-order valence-electron chi connectivity index (χ1n) is 8.27. The van der Waals surface area contributed by atoms with Gasteiger partial charge in [0.2, 0.25) is 11.2 Å². The van der Waals surface area contributed by atoms with Gasteiger partial charge in [-0.25, -0.2) is 4.98 Å². The standard InChI is InChI=1S/C15H21ClN6O3/c16-15-20-12-11(18-9-19-12)13(21-15)22-4-1-10(2-5-22)14(24)17-3-7-25-8-6-23/h9-10,23H,1-8H2,(H,17,24)(H,18,19,20,21). The van der Waals surface area contributed by atoms with Crippen molar-refractivity contribution in [3.8, 4) is 0 Å². The smallest absolute Gasteiger partial charge is 0.226 e. The normalized spacial score (nSPS) is 15.7. The van der Waals surface area contributed by atoms with E-state index >= 15 is 0 Å². The molecular formula is C15H21ClN6O3. The third kappa shape index (κ3) is 4.36. The third-order valence-corrected chi connectivity index (χ3v) is 4.35. The number of H-pyrrole nitrogens is 1. The highest BCUT2D eigenvalue weighted by Gasteiger charge is 2.27. The molecule has 0 atom stereocenters. The largest absolute Gasteiger partial charge is 0.394 e. The SMILES string of the molecule is O=C(NCCOCCO)C1CCN(c2nc(Cl)nc3nc[nH]c23)CC1. The van der Waals surface area contributed by atoms with Gasteiger partial charge in [-0.2, -0.15) is 9.97 Å². The van der Waals surface area contributed by atoms with E-state index in [2.05, 4.69) is 30.2 Å². The number of amides is 1. The van der Waals surface area contributed by atoms with Gasteiger partial charge in [-0.15, -0.1) is 0 Å². The van der Waals surface area contributed by atoms with Crippen LogP contribution in [0.3, 0.4) is 0 Å². The summed E-state index contributed by atoms with van der Waals surface area (Å²) >= 11 is 5.98. The fourth-order valence-electron chi connectivity index (χ4n) is 2.93. The second kappa shape index (κ2) is 8.41. The number of anilines is 1. The number of ether oxygens (including phenoxy) is 1. The lowest BCUT2D eigenvalue weighted by molar-refractivity contribution is -0.125. The zero-order chi connectivity index (χ0) is 17.6. The van der Waals surface area contributed by atoms with E-state index in [4.69, 9.17) is 21.4 Å². The number of carbonyl (C=O) groups excluding carboxylic acids is 1. The Balaban J connectivity index is 1.53. The molecule has 1 aliphatic heterocycles. The Morgan fingerprint density at radius 3 is 2.96 bits per heavy atom. The van der Waals surface area contributed by atoms with Gasteiger partial charge in [0.1, 0.15) is 5.52 Å². The van der Waals surface area contributed by atoms with Crippen molar-refractivity contribution in [2.75, 3.05) is 44.4 Å². The number of halogens is 1. The molecule has 0 unspecified atom stereocenters. The number of fused-ring (bicyclic) bond motifs is 1. The van der Waals surface area contributed by atoms with E-state index in [1.807, 2.05) is 0 Å². The first-order valence-corrected chi connectivity index (χ1v) is 8.64. The molecule has 0 aliphatic carbocycles. The van der Waals surface area contributed by atoms with Crippen molar-refractivity contribution in [2.24, 2.45) is 5.92 Å². The molecule has 3 N–H and O–H groups in total. The summed E-state index contributed by atoms with van der Waals surface area (Å²) in [6, 6.07) is 0. The lowest BCUT2D eigenvalue weighted by atomic mass is 9.96. The number of aromatic amines is 1. The van der Waals surface area contributed by atoms with Crippen LogP contribution in [0.4, 0.5) is 5.82 Å². The van der Waals surface area contributed by atoms with E-state index in [9.17, 15) is 4.79 Å². The van der Waals surface area contributed by atoms with Crippen molar-refractivity contribution in [2.45, 2.75) is 12.8 Å². The maximum Gasteiger partial charge on any atom is 0.226 e. The van der Waals surface area contributed by atoms with Crippen LogP contribution in [-0.4, -0.2) is 70.4 Å². The van der Waals surface area contributed by atoms with Crippen molar-refractivity contribution in [3.05, 3.63) is 11.6 Å². The van der Waals surface area contributed by atoms with Crippen molar-refractivity contribution < 1.29 is 14.6 Å². The number of nitrogens with one attached hydrogen (secondary N) is 2. The van der Waals surface area contributed by atoms with Gasteiger partial charge in [-0.05, 0) is 24.4 Å². The van der Waals surface area contributed by atoms with Gasteiger partial charge in [-0.3, -0.25) is 4.79 Å². The first kappa shape index (κ1) is 17.8. The molecule has 0 aromatic carbocycles. The molecule has 1 fully saturated rings. The van der Waals surface area contributed by atoms with Crippen LogP contribution in [0.1, 0.15) is 12.8 Å². The summed E-state index contributed by atoms with van der Waals surface area (Å²) in [6.45, 7) is 2.56. The quantitative estimate of drug-likeness (QED) is 0.477. The van der Waals surface area contributed by atoms with Crippen LogP contribution < -0.4 is 10.2 Å². The number of hydrogen-bond donors (Lipinski definition) is 3. The molecule has 9 nitrogen and oxygen atoms in total. The topological polar surface area (TPSA) is 116 Å². The first-order chi connectivity index (χ1) is 12.2. The highest BCUT2D eigenvalue weighted by atomic mass is 35.5. The minimum Gasteiger partial charge on any atom is -0.394 e. The summed E-state index contributed by atoms with van der Waals surface area (Å²) in [7, 11) is 0. The summed E-state index contributed by atoms with van der Waals surface area (Å²) in [5.74, 6) is 0.743. The monoisotopic (exact) mass is 368 g/mol. The number of aromatic nitrogens is 4. The number of imidazole rings is 1. The third-order valence-electron chi connectivity index (χ3n) is 4.19. The second-order valence-corrected chi connectivity index (χ2v) is 6.14. The molecule has 10 heteroatoms. The van der Waals surface area contributed by atoms with Crippen LogP contribution >= 0.6 is 11.6 Å². The zero-order valence-corrected chi connectivity index (χ0v) is 14.5. The van der Waals surface area contributed by atoms with Crippen molar-refractivity contribution in [3.63, 3.8) is 0 Å². The molecule has 0 radical (unpaired) electrons. The van der Waals surface area contributed by atoms with E-state index < -0.39 is 0 Å². The van der Waals surface area contributed by atoms with E-state index in [0.29, 0.717) is 31.9 Å². The van der Waals surface area contributed by atoms with Gasteiger partial charge < -0.3 is 25.0 Å². The molecule has 0 saturated carbocycles. The lowest BCUT2D eigenvalue weighted by Gasteiger charge is -2.32. The number of aliphatic hydroxyl groups is 1. The number of nitrogens with zero attached hydrogens (tertiary/aromatic N) is 4. The molecule has 2 aromatic heterocycles. The predicted molar refractivity (Wildman–Crippen MR) is 92.5 cm³/mol. The van der Waals surface area contributed by atoms with Gasteiger partial charge in [0.25, 0.3) is 0 Å². The van der Waals surface area contributed by atoms with Gasteiger partial charge in [0.05, 0.1) is 26.1 Å². The molecule has 136 valence electrons. The van der Waals surface area contributed by atoms with Gasteiger partial charge in [0.15, 0.2) is 11.5 Å². The van der Waals surface area contributed by atoms with Crippen LogP contribution in [0.5, 0.6) is 0 Å². The Bertz CT molecular complexity index is 716. The number of piperidine rings is 1. The maximum absolute atomic E-state index is 12.2. The van der Waals surface area contributed by atoms with Crippen LogP contribution in [0.25, 0.3) is 11.2 Å². The average molecular weight is 369 g/mol. The van der Waals surface area contributed by atoms with Crippen LogP contribution in [0.2, 0.25) is 5.28 Å². The molecule has 25 heavy (non-hydrogen) atoms. The molecule has 1 amide bonds. The minimum absolute atomic E-state index is 0.0108. The van der Waals surface area contributed by atoms with E-state index in [1.54, 1.807) is 6.33 Å². The Morgan fingerprint density at radius 2 is 2.20 bits per heavy atom. The average Bonchev–Trinajstić information content (AvgIpc) is 3.09. The Labute approximate surface area is 149 Å². The fraction of sp³-hybridized carbons (Fsp3) is 0.600. The van der Waals surface area contributed by atoms with Gasteiger partial charge >= 0.3 is 0 Å². The van der Waals surface area contributed by atoms with Crippen molar-refractivity contribution >= 4 is 34.5 Å². The summed E-state index contributed by atoms with van der Waals surface area (Å²) in [6.07, 6.45) is 3.04. The van der Waals surface area contributed by atoms with E-state index in [0.717, 1.165) is 24.2 Å². The molecular weight excluding hydrogens is 348 g/mol. The van der Waals surface area contributed by atoms with Gasteiger partial charge in [-0.1, -0.05) is 0 Å². The zero-order valence-electron chi connectivity index (χ0n) is 13.7. The second-order valence-electron chi connectivity index (χ2n) is 5.81. The summed E-state index contributed by atoms with van der Waals surface area (Å²) in [5, 5.41) is 11.7. The molecule has 3 heterocycles. The van der Waals surface area contributed by atoms with E-state index in [-0.39, 0.29) is 30.3 Å². The fourth-order valence-corrected chi connectivity index (χ4v) is 3.09. The van der Waals surface area contributed by atoms with Gasteiger partial charge in [0, 0.05) is 25.6 Å². The number of carbonyl (C=O) groups is 1. The molecule has 0 bridgehead atoms. The minimum atomic E-state index is -0.0244. The molecule has 2 aromatic rings.